The summed E-state index contributed by atoms with van der Waals surface area (Å²) in [6.45, 7) is 4.58. The fourth-order valence-corrected chi connectivity index (χ4v) is 4.06. The fourth-order valence-electron chi connectivity index (χ4n) is 4.06. The molecule has 1 saturated carbocycles. The number of nitrogens with one attached hydrogen (secondary N) is 1. The lowest BCUT2D eigenvalue weighted by Crippen LogP contribution is -2.52. The monoisotopic (exact) mass is 423 g/mol. The predicted molar refractivity (Wildman–Crippen MR) is 108 cm³/mol. The molecule has 0 radical (unpaired) electrons. The molecule has 8 heteroatoms. The van der Waals surface area contributed by atoms with E-state index in [9.17, 15) is 22.8 Å². The van der Waals surface area contributed by atoms with Gasteiger partial charge in [-0.15, -0.1) is 0 Å². The van der Waals surface area contributed by atoms with Crippen LogP contribution in [-0.2, 0) is 15.8 Å². The summed E-state index contributed by atoms with van der Waals surface area (Å²) in [5.74, 6) is -0.175. The van der Waals surface area contributed by atoms with Gasteiger partial charge < -0.3 is 10.2 Å². The number of benzene rings is 1. The van der Waals surface area contributed by atoms with Gasteiger partial charge in [0.25, 0.3) is 5.91 Å². The molecule has 2 amide bonds. The summed E-state index contributed by atoms with van der Waals surface area (Å²) < 4.78 is 38.6. The van der Waals surface area contributed by atoms with Crippen molar-refractivity contribution in [3.8, 4) is 0 Å². The van der Waals surface area contributed by atoms with E-state index in [4.69, 9.17) is 4.99 Å². The molecule has 0 bridgehead atoms. The number of nitrogens with zero attached hydrogens (tertiary/aromatic N) is 2. The standard InChI is InChI=1S/C22H28F3N3O2/c1-15(2)10-13-26-18(29)14-28-20(30)19(27-21(28)11-4-3-5-12-21)16-6-8-17(9-7-16)22(23,24)25/h6-9,15H,3-5,10-14H2,1-2H3,(H,26,29). The van der Waals surface area contributed by atoms with Crippen molar-refractivity contribution in [3.05, 3.63) is 35.4 Å². The molecule has 1 aliphatic carbocycles. The number of alkyl halides is 3. The third kappa shape index (κ3) is 4.84. The largest absolute Gasteiger partial charge is 0.416 e. The van der Waals surface area contributed by atoms with Gasteiger partial charge in [0.05, 0.1) is 5.56 Å². The smallest absolute Gasteiger partial charge is 0.355 e. The van der Waals surface area contributed by atoms with Crippen LogP contribution < -0.4 is 5.32 Å². The van der Waals surface area contributed by atoms with Crippen LogP contribution in [0.3, 0.4) is 0 Å². The molecule has 1 N–H and O–H groups in total. The Morgan fingerprint density at radius 1 is 1.17 bits per heavy atom. The number of aliphatic imine (C=N–C) groups is 1. The highest BCUT2D eigenvalue weighted by molar-refractivity contribution is 6.47. The van der Waals surface area contributed by atoms with Crippen molar-refractivity contribution in [2.75, 3.05) is 13.1 Å². The van der Waals surface area contributed by atoms with Crippen molar-refractivity contribution in [3.63, 3.8) is 0 Å². The van der Waals surface area contributed by atoms with Gasteiger partial charge in [-0.25, -0.2) is 0 Å². The zero-order chi connectivity index (χ0) is 21.9. The molecule has 1 aromatic rings. The maximum atomic E-state index is 13.2. The van der Waals surface area contributed by atoms with Crippen molar-refractivity contribution < 1.29 is 22.8 Å². The molecule has 5 nitrogen and oxygen atoms in total. The molecule has 1 spiro atoms. The minimum Gasteiger partial charge on any atom is -0.355 e. The lowest BCUT2D eigenvalue weighted by atomic mass is 9.88. The van der Waals surface area contributed by atoms with E-state index in [1.807, 2.05) is 0 Å². The van der Waals surface area contributed by atoms with Gasteiger partial charge in [-0.1, -0.05) is 32.4 Å². The zero-order valence-corrected chi connectivity index (χ0v) is 17.4. The summed E-state index contributed by atoms with van der Waals surface area (Å²) in [6.07, 6.45) is 0.535. The van der Waals surface area contributed by atoms with Gasteiger partial charge in [-0.05, 0) is 50.2 Å². The molecule has 0 aromatic heterocycles. The summed E-state index contributed by atoms with van der Waals surface area (Å²) in [5, 5.41) is 2.85. The number of hydrogen-bond acceptors (Lipinski definition) is 3. The first kappa shape index (κ1) is 22.3. The Labute approximate surface area is 174 Å². The van der Waals surface area contributed by atoms with Gasteiger partial charge in [0.15, 0.2) is 0 Å². The third-order valence-corrected chi connectivity index (χ3v) is 5.76. The van der Waals surface area contributed by atoms with Crippen LogP contribution in [-0.4, -0.2) is 41.2 Å². The number of carbonyl (C=O) groups is 2. The first-order chi connectivity index (χ1) is 14.1. The molecule has 1 aliphatic heterocycles. The van der Waals surface area contributed by atoms with Crippen LogP contribution >= 0.6 is 0 Å². The highest BCUT2D eigenvalue weighted by Crippen LogP contribution is 2.39. The summed E-state index contributed by atoms with van der Waals surface area (Å²) in [4.78, 5) is 31.9. The van der Waals surface area contributed by atoms with E-state index in [-0.39, 0.29) is 18.2 Å². The van der Waals surface area contributed by atoms with Crippen molar-refractivity contribution in [1.29, 1.82) is 0 Å². The normalized spacial score (nSPS) is 18.8. The average molecular weight is 423 g/mol. The van der Waals surface area contributed by atoms with Crippen LogP contribution in [0.2, 0.25) is 0 Å². The first-order valence-electron chi connectivity index (χ1n) is 10.5. The average Bonchev–Trinajstić information content (AvgIpc) is 2.93. The van der Waals surface area contributed by atoms with E-state index in [0.29, 0.717) is 30.9 Å². The molecule has 3 rings (SSSR count). The molecule has 0 unspecified atom stereocenters. The van der Waals surface area contributed by atoms with Crippen LogP contribution in [0.4, 0.5) is 13.2 Å². The third-order valence-electron chi connectivity index (χ3n) is 5.76. The van der Waals surface area contributed by atoms with Crippen LogP contribution in [0, 0.1) is 5.92 Å². The molecule has 1 heterocycles. The topological polar surface area (TPSA) is 61.8 Å². The van der Waals surface area contributed by atoms with E-state index in [2.05, 4.69) is 19.2 Å². The van der Waals surface area contributed by atoms with Gasteiger partial charge in [0.2, 0.25) is 5.91 Å². The highest BCUT2D eigenvalue weighted by Gasteiger charge is 2.48. The summed E-state index contributed by atoms with van der Waals surface area (Å²) in [6, 6.07) is 4.48. The van der Waals surface area contributed by atoms with E-state index >= 15 is 0 Å². The molecule has 1 aromatic carbocycles. The molecule has 1 fully saturated rings. The number of carbonyl (C=O) groups excluding carboxylic acids is 2. The van der Waals surface area contributed by atoms with E-state index in [1.165, 1.54) is 17.0 Å². The maximum absolute atomic E-state index is 13.2. The quantitative estimate of drug-likeness (QED) is 0.747. The second-order valence-corrected chi connectivity index (χ2v) is 8.50. The molecular weight excluding hydrogens is 395 g/mol. The van der Waals surface area contributed by atoms with Gasteiger partial charge in [0.1, 0.15) is 17.9 Å². The summed E-state index contributed by atoms with van der Waals surface area (Å²) in [7, 11) is 0. The van der Waals surface area contributed by atoms with Gasteiger partial charge in [-0.3, -0.25) is 14.6 Å². The molecule has 164 valence electrons. The number of rotatable bonds is 6. The highest BCUT2D eigenvalue weighted by atomic mass is 19.4. The number of amides is 2. The Bertz CT molecular complexity index is 810. The van der Waals surface area contributed by atoms with Crippen molar-refractivity contribution in [2.24, 2.45) is 10.9 Å². The second-order valence-electron chi connectivity index (χ2n) is 8.50. The van der Waals surface area contributed by atoms with E-state index < -0.39 is 23.3 Å². The number of hydrogen-bond donors (Lipinski definition) is 1. The molecule has 30 heavy (non-hydrogen) atoms. The molecule has 2 aliphatic rings. The van der Waals surface area contributed by atoms with Crippen molar-refractivity contribution in [2.45, 2.75) is 64.2 Å². The van der Waals surface area contributed by atoms with Crippen LogP contribution in [0.1, 0.15) is 63.5 Å². The lowest BCUT2D eigenvalue weighted by molar-refractivity contribution is -0.137. The Morgan fingerprint density at radius 2 is 1.80 bits per heavy atom. The van der Waals surface area contributed by atoms with Crippen LogP contribution in [0.5, 0.6) is 0 Å². The van der Waals surface area contributed by atoms with Crippen molar-refractivity contribution >= 4 is 17.5 Å². The van der Waals surface area contributed by atoms with E-state index in [1.54, 1.807) is 0 Å². The Kier molecular flexibility index (Phi) is 6.53. The van der Waals surface area contributed by atoms with Crippen molar-refractivity contribution in [1.82, 2.24) is 10.2 Å². The molecule has 0 atom stereocenters. The maximum Gasteiger partial charge on any atom is 0.416 e. The minimum atomic E-state index is -4.44. The number of halogens is 3. The summed E-state index contributed by atoms with van der Waals surface area (Å²) >= 11 is 0. The second kappa shape index (κ2) is 8.78. The molecule has 0 saturated heterocycles. The predicted octanol–water partition coefficient (Wildman–Crippen LogP) is 4.16. The lowest BCUT2D eigenvalue weighted by Gasteiger charge is -2.38. The van der Waals surface area contributed by atoms with E-state index in [0.717, 1.165) is 37.8 Å². The van der Waals surface area contributed by atoms with Crippen LogP contribution in [0.15, 0.2) is 29.3 Å². The van der Waals surface area contributed by atoms with Crippen LogP contribution in [0.25, 0.3) is 0 Å². The molecular formula is C22H28F3N3O2. The fraction of sp³-hybridized carbons (Fsp3) is 0.591. The van der Waals surface area contributed by atoms with Gasteiger partial charge >= 0.3 is 6.18 Å². The van der Waals surface area contributed by atoms with Gasteiger partial charge in [0, 0.05) is 12.1 Å². The Morgan fingerprint density at radius 3 is 2.37 bits per heavy atom. The zero-order valence-electron chi connectivity index (χ0n) is 17.4. The Balaban J connectivity index is 1.81. The first-order valence-corrected chi connectivity index (χ1v) is 10.5. The SMILES string of the molecule is CC(C)CCNC(=O)CN1C(=O)C(c2ccc(C(F)(F)F)cc2)=NC12CCCCC2. The minimum absolute atomic E-state index is 0.0927. The summed E-state index contributed by atoms with van der Waals surface area (Å²) in [5.41, 5.74) is -1.06. The van der Waals surface area contributed by atoms with Gasteiger partial charge in [-0.2, -0.15) is 13.2 Å². The Hall–Kier alpha value is -2.38.